The van der Waals surface area contributed by atoms with Gasteiger partial charge in [0.15, 0.2) is 0 Å². The molecule has 1 unspecified atom stereocenters. The van der Waals surface area contributed by atoms with Crippen LogP contribution in [0.15, 0.2) is 18.2 Å². The lowest BCUT2D eigenvalue weighted by molar-refractivity contribution is 0.609. The van der Waals surface area contributed by atoms with Crippen molar-refractivity contribution in [2.24, 2.45) is 11.7 Å². The highest BCUT2D eigenvalue weighted by Crippen LogP contribution is 2.36. The number of halogens is 1. The third-order valence-corrected chi connectivity index (χ3v) is 4.07. The van der Waals surface area contributed by atoms with Crippen LogP contribution < -0.4 is 10.6 Å². The Bertz CT molecular complexity index is 443. The van der Waals surface area contributed by atoms with Gasteiger partial charge in [-0.2, -0.15) is 0 Å². The predicted molar refractivity (Wildman–Crippen MR) is 77.9 cm³/mol. The minimum Gasteiger partial charge on any atom is -0.389 e. The number of benzene rings is 1. The van der Waals surface area contributed by atoms with Crippen LogP contribution in [0.1, 0.15) is 25.3 Å². The highest BCUT2D eigenvalue weighted by Gasteiger charge is 2.30. The summed E-state index contributed by atoms with van der Waals surface area (Å²) in [5.41, 5.74) is 7.46. The molecule has 2 nitrogen and oxygen atoms in total. The number of anilines is 1. The number of hydrogen-bond donors (Lipinski definition) is 1. The zero-order valence-electron chi connectivity index (χ0n) is 10.1. The summed E-state index contributed by atoms with van der Waals surface area (Å²) in [6.07, 6.45) is 2.68. The molecule has 1 aliphatic rings. The molecule has 0 radical (unpaired) electrons. The Balaban J connectivity index is 2.21. The van der Waals surface area contributed by atoms with E-state index in [1.54, 1.807) is 0 Å². The minimum atomic E-state index is 0.347. The largest absolute Gasteiger partial charge is 0.389 e. The molecule has 4 heteroatoms. The van der Waals surface area contributed by atoms with Gasteiger partial charge in [0.05, 0.1) is 5.02 Å². The van der Waals surface area contributed by atoms with Gasteiger partial charge in [0.2, 0.25) is 0 Å². The summed E-state index contributed by atoms with van der Waals surface area (Å²) in [4.78, 5) is 2.62. The van der Waals surface area contributed by atoms with Gasteiger partial charge in [0, 0.05) is 24.3 Å². The van der Waals surface area contributed by atoms with Crippen LogP contribution in [0.5, 0.6) is 0 Å². The van der Waals surface area contributed by atoms with E-state index in [4.69, 9.17) is 29.6 Å². The van der Waals surface area contributed by atoms with Crippen molar-refractivity contribution in [3.63, 3.8) is 0 Å². The fraction of sp³-hybridized carbons (Fsp3) is 0.462. The molecule has 0 amide bonds. The van der Waals surface area contributed by atoms with E-state index in [1.165, 1.54) is 12.8 Å². The van der Waals surface area contributed by atoms with E-state index in [1.807, 2.05) is 18.2 Å². The van der Waals surface area contributed by atoms with Crippen LogP contribution >= 0.6 is 23.8 Å². The van der Waals surface area contributed by atoms with E-state index in [9.17, 15) is 0 Å². The van der Waals surface area contributed by atoms with Gasteiger partial charge < -0.3 is 10.6 Å². The fourth-order valence-electron chi connectivity index (χ4n) is 2.05. The van der Waals surface area contributed by atoms with Crippen LogP contribution in [0.3, 0.4) is 0 Å². The van der Waals surface area contributed by atoms with Crippen LogP contribution in [-0.2, 0) is 0 Å². The van der Waals surface area contributed by atoms with E-state index >= 15 is 0 Å². The van der Waals surface area contributed by atoms with Crippen molar-refractivity contribution in [3.8, 4) is 0 Å². The summed E-state index contributed by atoms with van der Waals surface area (Å²) in [5.74, 6) is 0.828. The lowest BCUT2D eigenvalue weighted by Crippen LogP contribution is -2.30. The smallest absolute Gasteiger partial charge is 0.105 e. The third-order valence-electron chi connectivity index (χ3n) is 3.54. The average molecular weight is 269 g/mol. The Morgan fingerprint density at radius 2 is 2.18 bits per heavy atom. The van der Waals surface area contributed by atoms with Gasteiger partial charge in [0.1, 0.15) is 4.99 Å². The summed E-state index contributed by atoms with van der Waals surface area (Å²) >= 11 is 11.1. The minimum absolute atomic E-state index is 0.347. The molecule has 1 aromatic carbocycles. The lowest BCUT2D eigenvalue weighted by Gasteiger charge is -2.27. The summed E-state index contributed by atoms with van der Waals surface area (Å²) in [6.45, 7) is 2.26. The third kappa shape index (κ3) is 2.72. The first-order valence-electron chi connectivity index (χ1n) is 5.83. The quantitative estimate of drug-likeness (QED) is 0.851. The van der Waals surface area contributed by atoms with Crippen molar-refractivity contribution in [2.75, 3.05) is 11.9 Å². The molecule has 1 fully saturated rings. The van der Waals surface area contributed by atoms with Crippen LogP contribution in [0.25, 0.3) is 0 Å². The zero-order chi connectivity index (χ0) is 12.6. The van der Waals surface area contributed by atoms with E-state index in [0.717, 1.165) is 17.2 Å². The Kier molecular flexibility index (Phi) is 3.59. The topological polar surface area (TPSA) is 29.3 Å². The Morgan fingerprint density at radius 1 is 1.53 bits per heavy atom. The van der Waals surface area contributed by atoms with Gasteiger partial charge in [-0.1, -0.05) is 23.8 Å². The summed E-state index contributed by atoms with van der Waals surface area (Å²) < 4.78 is 0. The molecular weight excluding hydrogens is 252 g/mol. The molecule has 17 heavy (non-hydrogen) atoms. The number of nitrogens with two attached hydrogens (primary N) is 1. The molecule has 0 heterocycles. The first kappa shape index (κ1) is 12.7. The van der Waals surface area contributed by atoms with Crippen LogP contribution in [0.4, 0.5) is 5.69 Å². The number of hydrogen-bond acceptors (Lipinski definition) is 2. The van der Waals surface area contributed by atoms with E-state index in [2.05, 4.69) is 18.9 Å². The molecule has 2 rings (SSSR count). The maximum Gasteiger partial charge on any atom is 0.105 e. The fourth-order valence-corrected chi connectivity index (χ4v) is 2.56. The van der Waals surface area contributed by atoms with Gasteiger partial charge in [-0.3, -0.25) is 0 Å². The van der Waals surface area contributed by atoms with Crippen molar-refractivity contribution in [1.82, 2.24) is 0 Å². The van der Waals surface area contributed by atoms with Crippen molar-refractivity contribution in [3.05, 3.63) is 28.8 Å². The Morgan fingerprint density at radius 3 is 2.65 bits per heavy atom. The molecule has 92 valence electrons. The van der Waals surface area contributed by atoms with Crippen LogP contribution in [-0.4, -0.2) is 18.1 Å². The maximum atomic E-state index is 6.17. The summed E-state index contributed by atoms with van der Waals surface area (Å²) in [6, 6.07) is 6.42. The van der Waals surface area contributed by atoms with Gasteiger partial charge in [-0.25, -0.2) is 0 Å². The Hall–Kier alpha value is -0.800. The molecule has 1 aromatic rings. The number of nitrogens with zero attached hydrogens (tertiary/aromatic N) is 1. The average Bonchev–Trinajstić information content (AvgIpc) is 3.10. The molecule has 2 N–H and O–H groups in total. The molecule has 0 aliphatic heterocycles. The van der Waals surface area contributed by atoms with Gasteiger partial charge in [-0.15, -0.1) is 0 Å². The molecule has 1 saturated carbocycles. The van der Waals surface area contributed by atoms with E-state index in [0.29, 0.717) is 16.1 Å². The summed E-state index contributed by atoms with van der Waals surface area (Å²) in [5, 5.41) is 0.629. The molecular formula is C13H17ClN2S. The van der Waals surface area contributed by atoms with Crippen molar-refractivity contribution in [1.29, 1.82) is 0 Å². The van der Waals surface area contributed by atoms with Crippen molar-refractivity contribution < 1.29 is 0 Å². The van der Waals surface area contributed by atoms with Gasteiger partial charge in [-0.05, 0) is 43.9 Å². The van der Waals surface area contributed by atoms with Crippen molar-refractivity contribution in [2.45, 2.75) is 25.8 Å². The van der Waals surface area contributed by atoms with Crippen LogP contribution in [0, 0.1) is 5.92 Å². The predicted octanol–water partition coefficient (Wildman–Crippen LogP) is 3.21. The van der Waals surface area contributed by atoms with Gasteiger partial charge in [0.25, 0.3) is 0 Å². The Labute approximate surface area is 113 Å². The normalized spacial score (nSPS) is 16.6. The second-order valence-corrected chi connectivity index (χ2v) is 5.56. The monoisotopic (exact) mass is 268 g/mol. The second kappa shape index (κ2) is 4.83. The summed E-state index contributed by atoms with van der Waals surface area (Å²) in [7, 11) is 2.11. The SMILES string of the molecule is CC(C1CC1)N(C)c1ccc(C(N)=S)c(Cl)c1. The molecule has 0 saturated heterocycles. The van der Waals surface area contributed by atoms with Crippen molar-refractivity contribution >= 4 is 34.5 Å². The lowest BCUT2D eigenvalue weighted by atomic mass is 10.1. The number of thiocarbonyl (C=S) groups is 1. The molecule has 0 spiro atoms. The zero-order valence-corrected chi connectivity index (χ0v) is 11.7. The van der Waals surface area contributed by atoms with E-state index < -0.39 is 0 Å². The molecule has 1 atom stereocenters. The number of rotatable bonds is 4. The highest BCUT2D eigenvalue weighted by molar-refractivity contribution is 7.80. The molecule has 0 bridgehead atoms. The second-order valence-electron chi connectivity index (χ2n) is 4.72. The molecule has 0 aromatic heterocycles. The maximum absolute atomic E-state index is 6.17. The van der Waals surface area contributed by atoms with E-state index in [-0.39, 0.29) is 0 Å². The standard InChI is InChI=1S/C13H17ClN2S/c1-8(9-3-4-9)16(2)10-5-6-11(13(15)17)12(14)7-10/h5-9H,3-4H2,1-2H3,(H2,15,17). The first-order chi connectivity index (χ1) is 8.00. The van der Waals surface area contributed by atoms with Gasteiger partial charge >= 0.3 is 0 Å². The first-order valence-corrected chi connectivity index (χ1v) is 6.61. The van der Waals surface area contributed by atoms with Crippen LogP contribution in [0.2, 0.25) is 5.02 Å². The molecule has 1 aliphatic carbocycles. The highest BCUT2D eigenvalue weighted by atomic mass is 35.5.